The van der Waals surface area contributed by atoms with Crippen LogP contribution in [0.15, 0.2) is 48.5 Å². The first-order valence-electron chi connectivity index (χ1n) is 11.4. The first kappa shape index (κ1) is 23.7. The third kappa shape index (κ3) is 5.72. The molecule has 0 aromatic heterocycles. The number of aryl methyl sites for hydroxylation is 1. The van der Waals surface area contributed by atoms with Gasteiger partial charge in [0.15, 0.2) is 11.6 Å². The Morgan fingerprint density at radius 3 is 2.44 bits per heavy atom. The van der Waals surface area contributed by atoms with Crippen LogP contribution in [0.2, 0.25) is 0 Å². The largest absolute Gasteiger partial charge is 0.432 e. The van der Waals surface area contributed by atoms with E-state index < -0.39 is 24.0 Å². The minimum absolute atomic E-state index is 0.179. The topological polar surface area (TPSA) is 9.23 Å². The Labute approximate surface area is 197 Å². The van der Waals surface area contributed by atoms with Crippen LogP contribution >= 0.6 is 0 Å². The molecule has 0 bridgehead atoms. The van der Waals surface area contributed by atoms with Crippen LogP contribution in [0.5, 0.6) is 5.75 Å². The number of hydrogen-bond donors (Lipinski definition) is 0. The summed E-state index contributed by atoms with van der Waals surface area (Å²) in [4.78, 5) is 0. The average Bonchev–Trinajstić information content (AvgIpc) is 2.84. The molecule has 3 aromatic carbocycles. The van der Waals surface area contributed by atoms with Crippen molar-refractivity contribution in [2.45, 2.75) is 45.1 Å². The second-order valence-corrected chi connectivity index (χ2v) is 8.68. The standard InChI is InChI=1S/C29H24F4O/c1-2-19-3-5-20(6-4-19)7-8-21-10-15-25-24(17-21)14-13-23(28(25)31)12-9-22-11-16-27(26(30)18-22)34-29(32)33/h1,10-11,13-20,29H,3-8H2. The number of rotatable bonds is 5. The van der Waals surface area contributed by atoms with Crippen molar-refractivity contribution in [3.05, 3.63) is 76.9 Å². The van der Waals surface area contributed by atoms with Gasteiger partial charge in [-0.25, -0.2) is 8.78 Å². The van der Waals surface area contributed by atoms with E-state index in [0.717, 1.165) is 43.2 Å². The second kappa shape index (κ2) is 10.7. The van der Waals surface area contributed by atoms with E-state index >= 15 is 4.39 Å². The fourth-order valence-electron chi connectivity index (χ4n) is 4.49. The SMILES string of the molecule is C#CC1CCC(CCc2ccc3c(F)c(C#Cc4ccc(OC(F)F)c(F)c4)ccc3c2)CC1. The molecule has 0 atom stereocenters. The zero-order valence-electron chi connectivity index (χ0n) is 18.6. The van der Waals surface area contributed by atoms with Crippen LogP contribution in [0.4, 0.5) is 17.6 Å². The Morgan fingerprint density at radius 1 is 0.941 bits per heavy atom. The van der Waals surface area contributed by atoms with Gasteiger partial charge in [-0.3, -0.25) is 0 Å². The predicted molar refractivity (Wildman–Crippen MR) is 126 cm³/mol. The van der Waals surface area contributed by atoms with Gasteiger partial charge in [0.1, 0.15) is 5.82 Å². The number of ether oxygens (including phenoxy) is 1. The van der Waals surface area contributed by atoms with Crippen molar-refractivity contribution in [1.29, 1.82) is 0 Å². The highest BCUT2D eigenvalue weighted by molar-refractivity contribution is 5.85. The van der Waals surface area contributed by atoms with Gasteiger partial charge in [-0.2, -0.15) is 8.78 Å². The Kier molecular flexibility index (Phi) is 7.43. The van der Waals surface area contributed by atoms with Crippen molar-refractivity contribution in [3.8, 4) is 29.9 Å². The summed E-state index contributed by atoms with van der Waals surface area (Å²) in [6.45, 7) is -3.12. The van der Waals surface area contributed by atoms with Crippen molar-refractivity contribution in [2.75, 3.05) is 0 Å². The quantitative estimate of drug-likeness (QED) is 0.281. The van der Waals surface area contributed by atoms with Crippen LogP contribution in [0.1, 0.15) is 48.8 Å². The summed E-state index contributed by atoms with van der Waals surface area (Å²) in [6, 6.07) is 12.6. The minimum atomic E-state index is -3.12. The van der Waals surface area contributed by atoms with E-state index in [2.05, 4.69) is 22.5 Å². The molecular formula is C29H24F4O. The number of fused-ring (bicyclic) bond motifs is 1. The Balaban J connectivity index is 1.45. The zero-order valence-corrected chi connectivity index (χ0v) is 18.6. The lowest BCUT2D eigenvalue weighted by Gasteiger charge is -2.25. The van der Waals surface area contributed by atoms with Crippen LogP contribution in [0, 0.1) is 47.7 Å². The minimum Gasteiger partial charge on any atom is -0.432 e. The van der Waals surface area contributed by atoms with Gasteiger partial charge in [0.05, 0.1) is 5.56 Å². The van der Waals surface area contributed by atoms with Gasteiger partial charge in [-0.15, -0.1) is 12.3 Å². The molecule has 1 saturated carbocycles. The zero-order chi connectivity index (χ0) is 24.1. The number of terminal acetylenes is 1. The second-order valence-electron chi connectivity index (χ2n) is 8.68. The molecule has 0 amide bonds. The van der Waals surface area contributed by atoms with Gasteiger partial charge in [-0.1, -0.05) is 36.1 Å². The van der Waals surface area contributed by atoms with Crippen LogP contribution < -0.4 is 4.74 Å². The summed E-state index contributed by atoms with van der Waals surface area (Å²) < 4.78 is 57.5. The highest BCUT2D eigenvalue weighted by Gasteiger charge is 2.19. The molecule has 174 valence electrons. The van der Waals surface area contributed by atoms with E-state index in [1.807, 2.05) is 18.2 Å². The van der Waals surface area contributed by atoms with Crippen LogP contribution in [0.25, 0.3) is 10.8 Å². The maximum Gasteiger partial charge on any atom is 0.387 e. The molecule has 1 aliphatic carbocycles. The van der Waals surface area contributed by atoms with Gasteiger partial charge in [0.2, 0.25) is 0 Å². The molecule has 1 aliphatic rings. The highest BCUT2D eigenvalue weighted by Crippen LogP contribution is 2.32. The molecule has 1 fully saturated rings. The Morgan fingerprint density at radius 2 is 1.74 bits per heavy atom. The average molecular weight is 465 g/mol. The van der Waals surface area contributed by atoms with Crippen LogP contribution in [0.3, 0.4) is 0 Å². The molecule has 0 saturated heterocycles. The fourth-order valence-corrected chi connectivity index (χ4v) is 4.49. The summed E-state index contributed by atoms with van der Waals surface area (Å²) in [6.07, 6.45) is 12.1. The molecule has 0 unspecified atom stereocenters. The molecule has 0 N–H and O–H groups in total. The van der Waals surface area contributed by atoms with E-state index in [0.29, 0.717) is 17.2 Å². The predicted octanol–water partition coefficient (Wildman–Crippen LogP) is 7.49. The first-order valence-corrected chi connectivity index (χ1v) is 11.4. The highest BCUT2D eigenvalue weighted by atomic mass is 19.3. The maximum atomic E-state index is 15.0. The Hall–Kier alpha value is -3.44. The maximum absolute atomic E-state index is 15.0. The molecule has 4 rings (SSSR count). The summed E-state index contributed by atoms with van der Waals surface area (Å²) in [5.74, 6) is 7.41. The monoisotopic (exact) mass is 464 g/mol. The van der Waals surface area contributed by atoms with Crippen molar-refractivity contribution >= 4 is 10.8 Å². The molecule has 0 heterocycles. The lowest BCUT2D eigenvalue weighted by Crippen LogP contribution is -2.13. The summed E-state index contributed by atoms with van der Waals surface area (Å²) in [7, 11) is 0. The van der Waals surface area contributed by atoms with Gasteiger partial charge in [0, 0.05) is 16.9 Å². The fraction of sp³-hybridized carbons (Fsp3) is 0.310. The van der Waals surface area contributed by atoms with E-state index in [9.17, 15) is 13.2 Å². The number of alkyl halides is 2. The summed E-state index contributed by atoms with van der Waals surface area (Å²) in [5, 5.41) is 1.27. The van der Waals surface area contributed by atoms with Gasteiger partial charge >= 0.3 is 6.61 Å². The van der Waals surface area contributed by atoms with Crippen molar-refractivity contribution in [3.63, 3.8) is 0 Å². The molecule has 3 aromatic rings. The number of hydrogen-bond acceptors (Lipinski definition) is 1. The number of halogens is 4. The van der Waals surface area contributed by atoms with E-state index in [4.69, 9.17) is 6.42 Å². The van der Waals surface area contributed by atoms with Crippen LogP contribution in [-0.4, -0.2) is 6.61 Å². The number of benzene rings is 3. The molecule has 34 heavy (non-hydrogen) atoms. The van der Waals surface area contributed by atoms with E-state index in [-0.39, 0.29) is 11.1 Å². The van der Waals surface area contributed by atoms with Gasteiger partial charge < -0.3 is 4.74 Å². The molecule has 0 spiro atoms. The van der Waals surface area contributed by atoms with Crippen molar-refractivity contribution < 1.29 is 22.3 Å². The summed E-state index contributed by atoms with van der Waals surface area (Å²) in [5.41, 5.74) is 1.58. The first-order chi connectivity index (χ1) is 16.4. The third-order valence-electron chi connectivity index (χ3n) is 6.43. The third-order valence-corrected chi connectivity index (χ3v) is 6.43. The summed E-state index contributed by atoms with van der Waals surface area (Å²) >= 11 is 0. The van der Waals surface area contributed by atoms with Gasteiger partial charge in [-0.05, 0) is 79.7 Å². The van der Waals surface area contributed by atoms with Gasteiger partial charge in [0.25, 0.3) is 0 Å². The van der Waals surface area contributed by atoms with Crippen LogP contribution in [-0.2, 0) is 6.42 Å². The molecular weight excluding hydrogens is 440 g/mol. The lowest BCUT2D eigenvalue weighted by molar-refractivity contribution is -0.0521. The molecule has 5 heteroatoms. The normalized spacial score (nSPS) is 17.8. The van der Waals surface area contributed by atoms with E-state index in [1.165, 1.54) is 24.5 Å². The molecule has 1 nitrogen and oxygen atoms in total. The van der Waals surface area contributed by atoms with Crippen molar-refractivity contribution in [2.24, 2.45) is 11.8 Å². The smallest absolute Gasteiger partial charge is 0.387 e. The lowest BCUT2D eigenvalue weighted by atomic mass is 9.80. The molecule has 0 aliphatic heterocycles. The Bertz CT molecular complexity index is 1270. The van der Waals surface area contributed by atoms with Crippen molar-refractivity contribution in [1.82, 2.24) is 0 Å². The molecule has 0 radical (unpaired) electrons. The van der Waals surface area contributed by atoms with E-state index in [1.54, 1.807) is 12.1 Å².